The SMILES string of the molecule is CC(C)(C)c1nc(Cc2cccc(Cl)c2)sc1CN. The molecule has 0 atom stereocenters. The summed E-state index contributed by atoms with van der Waals surface area (Å²) < 4.78 is 0. The topological polar surface area (TPSA) is 38.9 Å². The molecule has 0 radical (unpaired) electrons. The molecule has 0 aliphatic rings. The summed E-state index contributed by atoms with van der Waals surface area (Å²) in [5.74, 6) is 0. The minimum Gasteiger partial charge on any atom is -0.326 e. The maximum absolute atomic E-state index is 6.01. The molecule has 0 saturated carbocycles. The molecule has 19 heavy (non-hydrogen) atoms. The van der Waals surface area contributed by atoms with E-state index in [4.69, 9.17) is 22.3 Å². The van der Waals surface area contributed by atoms with Gasteiger partial charge < -0.3 is 5.73 Å². The zero-order valence-electron chi connectivity index (χ0n) is 11.5. The lowest BCUT2D eigenvalue weighted by Gasteiger charge is -2.16. The molecule has 0 saturated heterocycles. The fraction of sp³-hybridized carbons (Fsp3) is 0.400. The highest BCUT2D eigenvalue weighted by Crippen LogP contribution is 2.30. The molecule has 2 N–H and O–H groups in total. The molecule has 1 heterocycles. The number of hydrogen-bond acceptors (Lipinski definition) is 3. The summed E-state index contributed by atoms with van der Waals surface area (Å²) in [5, 5.41) is 1.87. The molecule has 2 nitrogen and oxygen atoms in total. The van der Waals surface area contributed by atoms with Crippen LogP contribution in [-0.2, 0) is 18.4 Å². The van der Waals surface area contributed by atoms with E-state index in [0.717, 1.165) is 22.1 Å². The summed E-state index contributed by atoms with van der Waals surface area (Å²) in [4.78, 5) is 5.96. The van der Waals surface area contributed by atoms with Crippen molar-refractivity contribution in [3.05, 3.63) is 50.4 Å². The molecule has 0 bridgehead atoms. The third-order valence-corrected chi connectivity index (χ3v) is 4.19. The van der Waals surface area contributed by atoms with Crippen molar-refractivity contribution in [1.29, 1.82) is 0 Å². The molecule has 0 fully saturated rings. The minimum atomic E-state index is 0.0395. The fourth-order valence-electron chi connectivity index (χ4n) is 2.02. The van der Waals surface area contributed by atoms with Crippen LogP contribution in [0.4, 0.5) is 0 Å². The molecule has 2 aromatic rings. The van der Waals surface area contributed by atoms with Crippen LogP contribution in [0.3, 0.4) is 0 Å². The fourth-order valence-corrected chi connectivity index (χ4v) is 3.43. The number of nitrogens with zero attached hydrogens (tertiary/aromatic N) is 1. The van der Waals surface area contributed by atoms with E-state index in [2.05, 4.69) is 26.8 Å². The summed E-state index contributed by atoms with van der Waals surface area (Å²) >= 11 is 7.72. The van der Waals surface area contributed by atoms with Crippen LogP contribution in [0.5, 0.6) is 0 Å². The second-order valence-electron chi connectivity index (χ2n) is 5.64. The van der Waals surface area contributed by atoms with E-state index in [9.17, 15) is 0 Å². The molecular formula is C15H19ClN2S. The lowest BCUT2D eigenvalue weighted by Crippen LogP contribution is -2.15. The maximum Gasteiger partial charge on any atom is 0.0975 e. The maximum atomic E-state index is 6.01. The van der Waals surface area contributed by atoms with Gasteiger partial charge in [0.05, 0.1) is 10.7 Å². The first kappa shape index (κ1) is 14.5. The first-order chi connectivity index (χ1) is 8.90. The molecule has 0 spiro atoms. The van der Waals surface area contributed by atoms with Gasteiger partial charge in [-0.25, -0.2) is 4.98 Å². The predicted molar refractivity (Wildman–Crippen MR) is 83.0 cm³/mol. The van der Waals surface area contributed by atoms with Gasteiger partial charge in [0.15, 0.2) is 0 Å². The molecule has 0 amide bonds. The first-order valence-corrected chi connectivity index (χ1v) is 7.53. The number of aromatic nitrogens is 1. The Morgan fingerprint density at radius 2 is 2.05 bits per heavy atom. The first-order valence-electron chi connectivity index (χ1n) is 6.33. The van der Waals surface area contributed by atoms with E-state index in [1.54, 1.807) is 11.3 Å². The van der Waals surface area contributed by atoms with Crippen molar-refractivity contribution in [1.82, 2.24) is 4.98 Å². The van der Waals surface area contributed by atoms with E-state index >= 15 is 0 Å². The standard InChI is InChI=1S/C15H19ClN2S/c1-15(2,3)14-12(9-17)19-13(18-14)8-10-5-4-6-11(16)7-10/h4-7H,8-9,17H2,1-3H3. The van der Waals surface area contributed by atoms with Crippen LogP contribution in [0.1, 0.15) is 41.9 Å². The van der Waals surface area contributed by atoms with E-state index in [-0.39, 0.29) is 5.41 Å². The third kappa shape index (κ3) is 3.56. The molecule has 1 aromatic carbocycles. The second-order valence-corrected chi connectivity index (χ2v) is 7.24. The number of halogens is 1. The largest absolute Gasteiger partial charge is 0.326 e. The molecule has 4 heteroatoms. The number of thiazole rings is 1. The van der Waals surface area contributed by atoms with Crippen LogP contribution in [0.25, 0.3) is 0 Å². The number of nitrogens with two attached hydrogens (primary N) is 1. The summed E-state index contributed by atoms with van der Waals surface area (Å²) in [7, 11) is 0. The number of rotatable bonds is 3. The van der Waals surface area contributed by atoms with Gasteiger partial charge in [0.2, 0.25) is 0 Å². The van der Waals surface area contributed by atoms with E-state index in [0.29, 0.717) is 6.54 Å². The lowest BCUT2D eigenvalue weighted by molar-refractivity contribution is 0.565. The normalized spacial score (nSPS) is 11.8. The highest BCUT2D eigenvalue weighted by atomic mass is 35.5. The molecule has 0 unspecified atom stereocenters. The Bertz CT molecular complexity index is 570. The van der Waals surface area contributed by atoms with E-state index < -0.39 is 0 Å². The minimum absolute atomic E-state index is 0.0395. The van der Waals surface area contributed by atoms with Crippen molar-refractivity contribution >= 4 is 22.9 Å². The smallest absolute Gasteiger partial charge is 0.0975 e. The summed E-state index contributed by atoms with van der Waals surface area (Å²) in [5.41, 5.74) is 8.17. The van der Waals surface area contributed by atoms with Crippen molar-refractivity contribution in [2.24, 2.45) is 5.73 Å². The quantitative estimate of drug-likeness (QED) is 0.924. The molecule has 0 aliphatic carbocycles. The van der Waals surface area contributed by atoms with Crippen LogP contribution >= 0.6 is 22.9 Å². The van der Waals surface area contributed by atoms with Crippen molar-refractivity contribution in [3.63, 3.8) is 0 Å². The van der Waals surface area contributed by atoms with Gasteiger partial charge in [0, 0.05) is 28.3 Å². The number of hydrogen-bond donors (Lipinski definition) is 1. The summed E-state index contributed by atoms with van der Waals surface area (Å²) in [6.07, 6.45) is 0.814. The van der Waals surface area contributed by atoms with Crippen LogP contribution in [0.15, 0.2) is 24.3 Å². The molecule has 0 aliphatic heterocycles. The Hall–Kier alpha value is -0.900. The molecule has 102 valence electrons. The Balaban J connectivity index is 2.29. The van der Waals surface area contributed by atoms with Gasteiger partial charge in [-0.05, 0) is 17.7 Å². The number of benzene rings is 1. The average molecular weight is 295 g/mol. The van der Waals surface area contributed by atoms with E-state index in [1.165, 1.54) is 10.4 Å². The van der Waals surface area contributed by atoms with Gasteiger partial charge in [-0.15, -0.1) is 11.3 Å². The Morgan fingerprint density at radius 1 is 1.32 bits per heavy atom. The zero-order valence-corrected chi connectivity index (χ0v) is 13.1. The van der Waals surface area contributed by atoms with Crippen molar-refractivity contribution in [2.45, 2.75) is 39.2 Å². The van der Waals surface area contributed by atoms with Gasteiger partial charge in [0.1, 0.15) is 0 Å². The van der Waals surface area contributed by atoms with Crippen LogP contribution in [-0.4, -0.2) is 4.98 Å². The zero-order chi connectivity index (χ0) is 14.0. The highest BCUT2D eigenvalue weighted by molar-refractivity contribution is 7.11. The van der Waals surface area contributed by atoms with Crippen LogP contribution in [0, 0.1) is 0 Å². The third-order valence-electron chi connectivity index (χ3n) is 2.88. The molecular weight excluding hydrogens is 276 g/mol. The Labute approximate surface area is 123 Å². The van der Waals surface area contributed by atoms with Crippen molar-refractivity contribution in [3.8, 4) is 0 Å². The summed E-state index contributed by atoms with van der Waals surface area (Å²) in [6, 6.07) is 7.92. The monoisotopic (exact) mass is 294 g/mol. The molecule has 1 aromatic heterocycles. The van der Waals surface area contributed by atoms with E-state index in [1.807, 2.05) is 18.2 Å². The average Bonchev–Trinajstić information content (AvgIpc) is 2.72. The van der Waals surface area contributed by atoms with Gasteiger partial charge in [-0.2, -0.15) is 0 Å². The molecule has 2 rings (SSSR count). The second kappa shape index (κ2) is 5.61. The highest BCUT2D eigenvalue weighted by Gasteiger charge is 2.22. The predicted octanol–water partition coefficient (Wildman–Crippen LogP) is 4.14. The lowest BCUT2D eigenvalue weighted by atomic mass is 9.91. The van der Waals surface area contributed by atoms with Crippen LogP contribution < -0.4 is 5.73 Å². The van der Waals surface area contributed by atoms with Crippen LogP contribution in [0.2, 0.25) is 5.02 Å². The van der Waals surface area contributed by atoms with Crippen molar-refractivity contribution in [2.75, 3.05) is 0 Å². The van der Waals surface area contributed by atoms with Crippen molar-refractivity contribution < 1.29 is 0 Å². The Kier molecular flexibility index (Phi) is 4.29. The Morgan fingerprint density at radius 3 is 2.58 bits per heavy atom. The van der Waals surface area contributed by atoms with Gasteiger partial charge >= 0.3 is 0 Å². The van der Waals surface area contributed by atoms with Gasteiger partial charge in [0.25, 0.3) is 0 Å². The van der Waals surface area contributed by atoms with Gasteiger partial charge in [-0.3, -0.25) is 0 Å². The summed E-state index contributed by atoms with van der Waals surface area (Å²) in [6.45, 7) is 7.07. The van der Waals surface area contributed by atoms with Gasteiger partial charge in [-0.1, -0.05) is 44.5 Å².